The molecule has 5 heterocycles. The number of Topliss-reactive ketones (excluding diaryl/α,β-unsaturated/α-hetero) is 3. The van der Waals surface area contributed by atoms with Gasteiger partial charge in [0.15, 0.2) is 29.9 Å². The number of nitrogens with two attached hydrogens (primary N) is 1. The Balaban J connectivity index is 0.000000175. The monoisotopic (exact) mass is 1170 g/mol. The summed E-state index contributed by atoms with van der Waals surface area (Å²) >= 11 is 0. The lowest BCUT2D eigenvalue weighted by molar-refractivity contribution is -0.205. The Labute approximate surface area is 503 Å². The van der Waals surface area contributed by atoms with E-state index in [1.165, 1.54) is 36.4 Å². The molecule has 86 heavy (non-hydrogen) atoms. The molecular weight excluding hydrogens is 1090 g/mol. The van der Waals surface area contributed by atoms with Gasteiger partial charge in [-0.1, -0.05) is 137 Å². The van der Waals surface area contributed by atoms with Crippen molar-refractivity contribution < 1.29 is 56.4 Å². The van der Waals surface area contributed by atoms with Crippen LogP contribution in [0.2, 0.25) is 0 Å². The van der Waals surface area contributed by atoms with E-state index < -0.39 is 35.1 Å². The van der Waals surface area contributed by atoms with Crippen molar-refractivity contribution in [1.29, 1.82) is 0 Å². The second-order valence-corrected chi connectivity index (χ2v) is 23.8. The first-order chi connectivity index (χ1) is 41.2. The molecule has 15 heteroatoms. The van der Waals surface area contributed by atoms with Gasteiger partial charge >= 0.3 is 0 Å². The van der Waals surface area contributed by atoms with Crippen LogP contribution < -0.4 is 11.1 Å². The molecule has 11 rings (SSSR count). The second kappa shape index (κ2) is 28.0. The molecule has 7 aromatic rings. The first-order valence-corrected chi connectivity index (χ1v) is 29.8. The van der Waals surface area contributed by atoms with E-state index in [1.807, 2.05) is 125 Å². The minimum atomic E-state index is -1.12. The van der Waals surface area contributed by atoms with Gasteiger partial charge in [0, 0.05) is 54.2 Å². The number of carbonyl (C=O) groups is 4. The minimum absolute atomic E-state index is 0.0227. The van der Waals surface area contributed by atoms with Gasteiger partial charge in [0.25, 0.3) is 5.91 Å². The largest absolute Gasteiger partial charge is 0.346 e. The van der Waals surface area contributed by atoms with Gasteiger partial charge in [-0.25, -0.2) is 8.78 Å². The van der Waals surface area contributed by atoms with Crippen molar-refractivity contribution in [2.45, 2.75) is 154 Å². The van der Waals surface area contributed by atoms with Crippen LogP contribution in [0.3, 0.4) is 0 Å². The third-order valence-corrected chi connectivity index (χ3v) is 15.7. The molecule has 4 saturated heterocycles. The molecule has 0 saturated carbocycles. The number of benzene rings is 6. The number of halogens is 2. The predicted molar refractivity (Wildman–Crippen MR) is 327 cm³/mol. The topological polar surface area (TPSA) is 167 Å². The van der Waals surface area contributed by atoms with E-state index in [-0.39, 0.29) is 84.0 Å². The van der Waals surface area contributed by atoms with Gasteiger partial charge in [0.05, 0.1) is 35.3 Å². The highest BCUT2D eigenvalue weighted by Crippen LogP contribution is 2.45. The number of rotatable bonds is 19. The lowest BCUT2D eigenvalue weighted by atomic mass is 9.73. The first-order valence-electron chi connectivity index (χ1n) is 29.8. The average Bonchev–Trinajstić information content (AvgIpc) is 3.32. The number of anilines is 1. The second-order valence-electron chi connectivity index (χ2n) is 23.8. The smallest absolute Gasteiger partial charge is 0.258 e. The number of amides is 1. The highest BCUT2D eigenvalue weighted by molar-refractivity contribution is 6.13. The highest BCUT2D eigenvalue weighted by atomic mass is 19.1. The highest BCUT2D eigenvalue weighted by Gasteiger charge is 2.50. The molecule has 1 amide bonds. The number of fused-ring (bicyclic) bond motifs is 2. The molecule has 0 spiro atoms. The maximum absolute atomic E-state index is 14.2. The van der Waals surface area contributed by atoms with Crippen LogP contribution in [-0.2, 0) is 51.0 Å². The number of nitrogens with zero attached hydrogens (tertiary/aromatic N) is 1. The SMILES string of the molecule is CC(C)C(=O)C(C(=O)Cc1ccccc1)C(C(=O)c1ccc(F)cc1)c1ccccc1.CC(C)c1c(C(=O)Nc2ccccc2)c(-c2ccccc2)c(-c2ccc(F)cc2)n1CC[C@@H]1C[C@H]2OC(C)(C)OC2O1.CC1(C)OC2O[C@H](CCN)C[C@H]2O1. The van der Waals surface area contributed by atoms with Crippen LogP contribution in [-0.4, -0.2) is 82.9 Å². The number of hydrogen-bond acceptors (Lipinski definition) is 11. The van der Waals surface area contributed by atoms with Crippen LogP contribution in [0.4, 0.5) is 14.5 Å². The first kappa shape index (κ1) is 63.2. The quantitative estimate of drug-likeness (QED) is 0.0584. The van der Waals surface area contributed by atoms with Crippen molar-refractivity contribution >= 4 is 28.9 Å². The zero-order valence-electron chi connectivity index (χ0n) is 50.3. The molecule has 4 fully saturated rings. The van der Waals surface area contributed by atoms with Gasteiger partial charge in [-0.2, -0.15) is 0 Å². The number of nitrogens with one attached hydrogen (secondary N) is 1. The van der Waals surface area contributed by atoms with Crippen molar-refractivity contribution in [3.8, 4) is 22.4 Å². The van der Waals surface area contributed by atoms with Crippen molar-refractivity contribution in [2.75, 3.05) is 11.9 Å². The van der Waals surface area contributed by atoms with E-state index in [0.717, 1.165) is 58.6 Å². The van der Waals surface area contributed by atoms with Crippen LogP contribution in [0.15, 0.2) is 170 Å². The molecule has 13 nitrogen and oxygen atoms in total. The average molecular weight is 1170 g/mol. The molecule has 8 atom stereocenters. The fraction of sp³-hybridized carbons (Fsp3) is 0.380. The third kappa shape index (κ3) is 15.4. The summed E-state index contributed by atoms with van der Waals surface area (Å²) in [6.45, 7) is 16.6. The summed E-state index contributed by atoms with van der Waals surface area (Å²) in [5, 5.41) is 3.13. The van der Waals surface area contributed by atoms with Gasteiger partial charge in [-0.05, 0) is 136 Å². The van der Waals surface area contributed by atoms with Crippen LogP contribution in [0.1, 0.15) is 130 Å². The molecule has 0 aliphatic carbocycles. The van der Waals surface area contributed by atoms with Crippen LogP contribution in [0, 0.1) is 23.5 Å². The Hall–Kier alpha value is -7.34. The molecule has 6 aromatic carbocycles. The van der Waals surface area contributed by atoms with Gasteiger partial charge in [-0.15, -0.1) is 0 Å². The van der Waals surface area contributed by atoms with Crippen molar-refractivity contribution in [3.05, 3.63) is 209 Å². The van der Waals surface area contributed by atoms with E-state index in [2.05, 4.69) is 23.7 Å². The fourth-order valence-corrected chi connectivity index (χ4v) is 11.9. The number of carbonyl (C=O) groups excluding carboxylic acids is 4. The molecular formula is C71H79F2N3O10. The molecule has 3 N–H and O–H groups in total. The molecule has 1 aromatic heterocycles. The molecule has 4 aliphatic heterocycles. The maximum atomic E-state index is 14.2. The Morgan fingerprint density at radius 3 is 1.63 bits per heavy atom. The normalized spacial score (nSPS) is 21.3. The third-order valence-electron chi connectivity index (χ3n) is 15.7. The number of aromatic nitrogens is 1. The van der Waals surface area contributed by atoms with Crippen molar-refractivity contribution in [3.63, 3.8) is 0 Å². The lowest BCUT2D eigenvalue weighted by Crippen LogP contribution is -2.37. The molecule has 4 unspecified atom stereocenters. The Morgan fingerprint density at radius 1 is 0.616 bits per heavy atom. The van der Waals surface area contributed by atoms with E-state index >= 15 is 0 Å². The molecule has 0 radical (unpaired) electrons. The van der Waals surface area contributed by atoms with Gasteiger partial charge in [0.2, 0.25) is 0 Å². The van der Waals surface area contributed by atoms with E-state index in [4.69, 9.17) is 34.2 Å². The van der Waals surface area contributed by atoms with Gasteiger partial charge in [0.1, 0.15) is 35.4 Å². The van der Waals surface area contributed by atoms with E-state index in [0.29, 0.717) is 30.6 Å². The number of hydrogen-bond donors (Lipinski definition) is 2. The van der Waals surface area contributed by atoms with Crippen LogP contribution in [0.25, 0.3) is 22.4 Å². The summed E-state index contributed by atoms with van der Waals surface area (Å²) < 4.78 is 64.9. The Morgan fingerprint density at radius 2 is 1.12 bits per heavy atom. The summed E-state index contributed by atoms with van der Waals surface area (Å²) in [6, 6.07) is 49.2. The summed E-state index contributed by atoms with van der Waals surface area (Å²) in [5.41, 5.74) is 12.8. The zero-order valence-corrected chi connectivity index (χ0v) is 50.3. The van der Waals surface area contributed by atoms with E-state index in [9.17, 15) is 28.0 Å². The standard InChI is InChI=1S/C35H37FN2O4.C27H25FO3.C9H17NO3/c1-22(2)31-30(33(39)37-26-13-9-6-10-14-26)29(23-11-7-5-8-12-23)32(24-15-17-25(36)18-16-24)38(31)20-19-27-21-28-34(40-27)42-35(3,4)41-28;1-18(2)26(30)25(23(29)17-19-9-5-3-6-10-19)24(20-11-7-4-8-12-20)27(31)21-13-15-22(28)16-14-21;1-9(2)12-7-5-6(3-4-10)11-8(7)13-9/h5-18,22,27-28,34H,19-21H2,1-4H3,(H,37,39);3-16,18,24-25H,17H2,1-2H3;6-8H,3-5,10H2,1-2H3/t27-,28-,34?;;6-,7-,8?/m1.1/s1. The van der Waals surface area contributed by atoms with Gasteiger partial charge < -0.3 is 44.0 Å². The van der Waals surface area contributed by atoms with Crippen molar-refractivity contribution in [2.24, 2.45) is 17.6 Å². The van der Waals surface area contributed by atoms with Gasteiger partial charge in [-0.3, -0.25) is 19.2 Å². The Kier molecular flexibility index (Phi) is 20.6. The lowest BCUT2D eigenvalue weighted by Gasteiger charge is -2.26. The number of ketones is 3. The zero-order chi connectivity index (χ0) is 61.3. The van der Waals surface area contributed by atoms with Crippen LogP contribution in [0.5, 0.6) is 0 Å². The molecule has 4 aliphatic rings. The molecule has 0 bridgehead atoms. The number of para-hydroxylation sites is 1. The van der Waals surface area contributed by atoms with Crippen molar-refractivity contribution in [1.82, 2.24) is 4.57 Å². The predicted octanol–water partition coefficient (Wildman–Crippen LogP) is 14.0. The summed E-state index contributed by atoms with van der Waals surface area (Å²) in [6.07, 6.45) is 2.93. The van der Waals surface area contributed by atoms with Crippen LogP contribution >= 0.6 is 0 Å². The maximum Gasteiger partial charge on any atom is 0.258 e. The minimum Gasteiger partial charge on any atom is -0.346 e. The fourth-order valence-electron chi connectivity index (χ4n) is 11.9. The molecule has 452 valence electrons. The Bertz CT molecular complexity index is 3360. The summed E-state index contributed by atoms with van der Waals surface area (Å²) in [7, 11) is 0. The summed E-state index contributed by atoms with van der Waals surface area (Å²) in [5.74, 6) is -5.51. The summed E-state index contributed by atoms with van der Waals surface area (Å²) in [4.78, 5) is 54.4. The number of ether oxygens (including phenoxy) is 6. The van der Waals surface area contributed by atoms with E-state index in [1.54, 1.807) is 50.2 Å².